The Kier molecular flexibility index (Phi) is 6.68. The van der Waals surface area contributed by atoms with Crippen LogP contribution in [0.3, 0.4) is 0 Å². The normalized spacial score (nSPS) is 16.2. The number of carbonyl (C=O) groups excluding carboxylic acids is 1. The molecule has 0 aliphatic carbocycles. The number of furan rings is 1. The fraction of sp³-hybridized carbons (Fsp3) is 0.450. The third-order valence-electron chi connectivity index (χ3n) is 4.66. The van der Waals surface area contributed by atoms with Gasteiger partial charge in [0.1, 0.15) is 11.5 Å². The summed E-state index contributed by atoms with van der Waals surface area (Å²) in [7, 11) is 1.68. The molecule has 1 saturated heterocycles. The summed E-state index contributed by atoms with van der Waals surface area (Å²) in [4.78, 5) is 14.6. The van der Waals surface area contributed by atoms with Crippen LogP contribution in [0.25, 0.3) is 0 Å². The lowest BCUT2D eigenvalue weighted by Gasteiger charge is -2.35. The summed E-state index contributed by atoms with van der Waals surface area (Å²) < 4.78 is 16.3. The van der Waals surface area contributed by atoms with Crippen LogP contribution in [0.1, 0.15) is 23.8 Å². The molecule has 1 aliphatic rings. The van der Waals surface area contributed by atoms with E-state index < -0.39 is 0 Å². The molecule has 6 heteroatoms. The number of morpholine rings is 1. The summed E-state index contributed by atoms with van der Waals surface area (Å²) in [6.45, 7) is 3.63. The zero-order chi connectivity index (χ0) is 18.2. The van der Waals surface area contributed by atoms with Gasteiger partial charge in [0.2, 0.25) is 5.91 Å². The van der Waals surface area contributed by atoms with Crippen molar-refractivity contribution in [3.8, 4) is 5.75 Å². The van der Waals surface area contributed by atoms with Gasteiger partial charge in [-0.05, 0) is 18.2 Å². The number of para-hydroxylation sites is 1. The van der Waals surface area contributed by atoms with Crippen molar-refractivity contribution in [1.29, 1.82) is 0 Å². The molecule has 1 atom stereocenters. The fourth-order valence-electron chi connectivity index (χ4n) is 3.26. The van der Waals surface area contributed by atoms with E-state index in [2.05, 4.69) is 16.3 Å². The average molecular weight is 358 g/mol. The van der Waals surface area contributed by atoms with Gasteiger partial charge in [-0.1, -0.05) is 18.2 Å². The third kappa shape index (κ3) is 4.86. The highest BCUT2D eigenvalue weighted by atomic mass is 16.5. The summed E-state index contributed by atoms with van der Waals surface area (Å²) in [5.74, 6) is 1.69. The molecular weight excluding hydrogens is 332 g/mol. The molecule has 6 nitrogen and oxygen atoms in total. The van der Waals surface area contributed by atoms with Gasteiger partial charge in [0.15, 0.2) is 0 Å². The molecule has 140 valence electrons. The van der Waals surface area contributed by atoms with Crippen molar-refractivity contribution in [3.63, 3.8) is 0 Å². The van der Waals surface area contributed by atoms with Gasteiger partial charge in [-0.15, -0.1) is 0 Å². The smallest absolute Gasteiger partial charge is 0.220 e. The molecule has 1 aliphatic heterocycles. The Balaban J connectivity index is 1.64. The first-order valence-corrected chi connectivity index (χ1v) is 9.01. The zero-order valence-corrected chi connectivity index (χ0v) is 15.1. The van der Waals surface area contributed by atoms with E-state index in [9.17, 15) is 4.79 Å². The first-order valence-electron chi connectivity index (χ1n) is 9.01. The van der Waals surface area contributed by atoms with E-state index in [1.54, 1.807) is 13.4 Å². The Hall–Kier alpha value is -2.31. The van der Waals surface area contributed by atoms with E-state index in [4.69, 9.17) is 13.9 Å². The number of aryl methyl sites for hydroxylation is 1. The molecule has 2 heterocycles. The number of methoxy groups -OCH3 is 1. The van der Waals surface area contributed by atoms with Gasteiger partial charge in [0.05, 0.1) is 32.6 Å². The Morgan fingerprint density at radius 1 is 1.23 bits per heavy atom. The summed E-state index contributed by atoms with van der Waals surface area (Å²) in [5, 5.41) is 3.07. The van der Waals surface area contributed by atoms with Crippen molar-refractivity contribution in [2.45, 2.75) is 18.9 Å². The highest BCUT2D eigenvalue weighted by Crippen LogP contribution is 2.29. The summed E-state index contributed by atoms with van der Waals surface area (Å²) >= 11 is 0. The van der Waals surface area contributed by atoms with Crippen LogP contribution < -0.4 is 10.1 Å². The fourth-order valence-corrected chi connectivity index (χ4v) is 3.26. The van der Waals surface area contributed by atoms with Crippen LogP contribution in [0, 0.1) is 0 Å². The van der Waals surface area contributed by atoms with Gasteiger partial charge in [0, 0.05) is 38.0 Å². The van der Waals surface area contributed by atoms with Crippen molar-refractivity contribution in [2.24, 2.45) is 0 Å². The lowest BCUT2D eigenvalue weighted by Crippen LogP contribution is -2.44. The van der Waals surface area contributed by atoms with Crippen LogP contribution in [-0.2, 0) is 16.0 Å². The van der Waals surface area contributed by atoms with E-state index in [-0.39, 0.29) is 11.9 Å². The quantitative estimate of drug-likeness (QED) is 0.785. The number of carbonyl (C=O) groups is 1. The van der Waals surface area contributed by atoms with Gasteiger partial charge in [-0.2, -0.15) is 0 Å². The number of benzene rings is 1. The molecule has 1 N–H and O–H groups in total. The highest BCUT2D eigenvalue weighted by molar-refractivity contribution is 5.76. The topological polar surface area (TPSA) is 63.9 Å². The largest absolute Gasteiger partial charge is 0.496 e. The van der Waals surface area contributed by atoms with Gasteiger partial charge in [-0.25, -0.2) is 0 Å². The summed E-state index contributed by atoms with van der Waals surface area (Å²) in [5.41, 5.74) is 1.09. The molecule has 26 heavy (non-hydrogen) atoms. The van der Waals surface area contributed by atoms with Crippen molar-refractivity contribution in [1.82, 2.24) is 10.2 Å². The summed E-state index contributed by atoms with van der Waals surface area (Å²) in [6, 6.07) is 11.8. The molecule has 3 rings (SSSR count). The second-order valence-corrected chi connectivity index (χ2v) is 6.29. The van der Waals surface area contributed by atoms with Crippen molar-refractivity contribution in [3.05, 3.63) is 54.0 Å². The molecule has 1 unspecified atom stereocenters. The van der Waals surface area contributed by atoms with Gasteiger partial charge >= 0.3 is 0 Å². The third-order valence-corrected chi connectivity index (χ3v) is 4.66. The van der Waals surface area contributed by atoms with Crippen LogP contribution in [0.2, 0.25) is 0 Å². The Morgan fingerprint density at radius 2 is 2.04 bits per heavy atom. The van der Waals surface area contributed by atoms with Gasteiger partial charge in [-0.3, -0.25) is 9.69 Å². The second-order valence-electron chi connectivity index (χ2n) is 6.29. The maximum Gasteiger partial charge on any atom is 0.220 e. The molecule has 0 bridgehead atoms. The van der Waals surface area contributed by atoms with Crippen LogP contribution in [0.4, 0.5) is 0 Å². The molecule has 0 saturated carbocycles. The van der Waals surface area contributed by atoms with Crippen molar-refractivity contribution >= 4 is 5.91 Å². The van der Waals surface area contributed by atoms with Crippen molar-refractivity contribution in [2.75, 3.05) is 40.0 Å². The minimum atomic E-state index is 0.0227. The number of nitrogens with zero attached hydrogens (tertiary/aromatic N) is 1. The number of amides is 1. The highest BCUT2D eigenvalue weighted by Gasteiger charge is 2.25. The monoisotopic (exact) mass is 358 g/mol. The molecular formula is C20H26N2O4. The lowest BCUT2D eigenvalue weighted by molar-refractivity contribution is -0.121. The Bertz CT molecular complexity index is 681. The minimum absolute atomic E-state index is 0.0227. The SMILES string of the molecule is COc1ccccc1C(CNC(=O)CCc1ccco1)N1CCOCC1. The van der Waals surface area contributed by atoms with Crippen LogP contribution in [-0.4, -0.2) is 50.8 Å². The van der Waals surface area contributed by atoms with E-state index in [0.717, 1.165) is 30.2 Å². The Labute approximate surface area is 154 Å². The van der Waals surface area contributed by atoms with Crippen LogP contribution in [0.5, 0.6) is 5.75 Å². The Morgan fingerprint density at radius 3 is 2.77 bits per heavy atom. The second kappa shape index (κ2) is 9.40. The predicted molar refractivity (Wildman–Crippen MR) is 98.2 cm³/mol. The maximum atomic E-state index is 12.3. The van der Waals surface area contributed by atoms with Gasteiger partial charge in [0.25, 0.3) is 0 Å². The van der Waals surface area contributed by atoms with E-state index >= 15 is 0 Å². The van der Waals surface area contributed by atoms with E-state index in [1.807, 2.05) is 30.3 Å². The first kappa shape index (κ1) is 18.5. The lowest BCUT2D eigenvalue weighted by atomic mass is 10.0. The average Bonchev–Trinajstić information content (AvgIpc) is 3.21. The number of hydrogen-bond acceptors (Lipinski definition) is 5. The molecule has 0 spiro atoms. The molecule has 0 radical (unpaired) electrons. The standard InChI is InChI=1S/C20H26N2O4/c1-24-19-7-3-2-6-17(19)18(22-10-13-25-14-11-22)15-21-20(23)9-8-16-5-4-12-26-16/h2-7,12,18H,8-11,13-15H2,1H3,(H,21,23). The first-order chi connectivity index (χ1) is 12.8. The predicted octanol–water partition coefficient (Wildman–Crippen LogP) is 2.41. The molecule has 1 aromatic carbocycles. The van der Waals surface area contributed by atoms with Crippen LogP contribution >= 0.6 is 0 Å². The number of ether oxygens (including phenoxy) is 2. The minimum Gasteiger partial charge on any atom is -0.496 e. The van der Waals surface area contributed by atoms with Gasteiger partial charge < -0.3 is 19.2 Å². The summed E-state index contributed by atoms with van der Waals surface area (Å²) in [6.07, 6.45) is 2.65. The zero-order valence-electron chi connectivity index (χ0n) is 15.1. The van der Waals surface area contributed by atoms with E-state index in [1.165, 1.54) is 0 Å². The van der Waals surface area contributed by atoms with Crippen LogP contribution in [0.15, 0.2) is 47.1 Å². The maximum absolute atomic E-state index is 12.3. The number of nitrogens with one attached hydrogen (secondary N) is 1. The number of hydrogen-bond donors (Lipinski definition) is 1. The van der Waals surface area contributed by atoms with E-state index in [0.29, 0.717) is 32.6 Å². The molecule has 2 aromatic rings. The molecule has 1 aromatic heterocycles. The molecule has 1 fully saturated rings. The van der Waals surface area contributed by atoms with Crippen molar-refractivity contribution < 1.29 is 18.7 Å². The molecule has 1 amide bonds. The number of rotatable bonds is 8.